The number of nitrogens with zero attached hydrogens (tertiary/aromatic N) is 1. The van der Waals surface area contributed by atoms with Crippen molar-refractivity contribution in [2.24, 2.45) is 5.92 Å². The zero-order valence-corrected chi connectivity index (χ0v) is 21.1. The SMILES string of the molecule is O=C(c1cccc(F)c1C(F)(F)F)C1CC2CCCC(C1)N2C(=O)OCC1c2ccccc2-c2ccccc21. The van der Waals surface area contributed by atoms with E-state index in [0.717, 1.165) is 40.8 Å². The fraction of sp³-hybridized carbons (Fsp3) is 0.355. The second-order valence-electron chi connectivity index (χ2n) is 10.6. The number of hydrogen-bond acceptors (Lipinski definition) is 3. The van der Waals surface area contributed by atoms with E-state index in [0.29, 0.717) is 18.9 Å². The summed E-state index contributed by atoms with van der Waals surface area (Å²) in [5.41, 5.74) is 2.30. The van der Waals surface area contributed by atoms with E-state index in [1.54, 1.807) is 4.90 Å². The highest BCUT2D eigenvalue weighted by Crippen LogP contribution is 2.45. The number of Topliss-reactive ketones (excluding diaryl/α,β-unsaturated/α-hetero) is 1. The van der Waals surface area contributed by atoms with E-state index in [1.807, 2.05) is 36.4 Å². The minimum Gasteiger partial charge on any atom is -0.448 e. The van der Waals surface area contributed by atoms with Crippen LogP contribution in [0.15, 0.2) is 66.7 Å². The third-order valence-corrected chi connectivity index (χ3v) is 8.45. The Bertz CT molecular complexity index is 1380. The van der Waals surface area contributed by atoms with Crippen LogP contribution in [0.25, 0.3) is 11.1 Å². The highest BCUT2D eigenvalue weighted by Gasteiger charge is 2.46. The summed E-state index contributed by atoms with van der Waals surface area (Å²) in [4.78, 5) is 28.3. The molecule has 4 nitrogen and oxygen atoms in total. The van der Waals surface area contributed by atoms with Gasteiger partial charge in [-0.15, -0.1) is 0 Å². The average Bonchev–Trinajstić information content (AvgIpc) is 3.23. The van der Waals surface area contributed by atoms with Gasteiger partial charge in [-0.2, -0.15) is 13.2 Å². The number of carbonyl (C=O) groups excluding carboxylic acids is 2. The molecule has 0 N–H and O–H groups in total. The third kappa shape index (κ3) is 4.49. The lowest BCUT2D eigenvalue weighted by Crippen LogP contribution is -2.56. The number of hydrogen-bond donors (Lipinski definition) is 0. The quantitative estimate of drug-likeness (QED) is 0.254. The Labute approximate surface area is 223 Å². The Balaban J connectivity index is 1.18. The zero-order chi connectivity index (χ0) is 27.3. The summed E-state index contributed by atoms with van der Waals surface area (Å²) >= 11 is 0. The predicted molar refractivity (Wildman–Crippen MR) is 137 cm³/mol. The maximum Gasteiger partial charge on any atom is 0.419 e. The number of halogens is 4. The fourth-order valence-electron chi connectivity index (χ4n) is 6.80. The van der Waals surface area contributed by atoms with Gasteiger partial charge < -0.3 is 9.64 Å². The Morgan fingerprint density at radius 3 is 2.03 bits per heavy atom. The minimum atomic E-state index is -4.98. The van der Waals surface area contributed by atoms with E-state index in [1.165, 1.54) is 0 Å². The van der Waals surface area contributed by atoms with E-state index in [4.69, 9.17) is 4.74 Å². The summed E-state index contributed by atoms with van der Waals surface area (Å²) in [5.74, 6) is -2.98. The number of carbonyl (C=O) groups is 2. The third-order valence-electron chi connectivity index (χ3n) is 8.45. The maximum absolute atomic E-state index is 14.1. The van der Waals surface area contributed by atoms with Crippen LogP contribution in [-0.2, 0) is 10.9 Å². The van der Waals surface area contributed by atoms with Crippen LogP contribution in [0.1, 0.15) is 65.1 Å². The molecular weight excluding hydrogens is 510 g/mol. The number of piperidine rings is 2. The molecular formula is C31H27F4NO3. The van der Waals surface area contributed by atoms with Crippen molar-refractivity contribution in [3.8, 4) is 11.1 Å². The van der Waals surface area contributed by atoms with Gasteiger partial charge in [-0.1, -0.05) is 60.7 Å². The summed E-state index contributed by atoms with van der Waals surface area (Å²) in [7, 11) is 0. The normalized spacial score (nSPS) is 22.3. The molecule has 3 aromatic rings. The molecule has 2 unspecified atom stereocenters. The van der Waals surface area contributed by atoms with E-state index in [9.17, 15) is 27.2 Å². The monoisotopic (exact) mass is 537 g/mol. The maximum atomic E-state index is 14.1. The standard InChI is InChI=1S/C31H27F4NO3/c32-27-14-6-13-25(28(27)31(33,34)35)29(37)18-15-19-7-5-8-20(16-18)36(19)30(38)39-17-26-23-11-3-1-9-21(23)22-10-2-4-12-24(22)26/h1-4,6,9-14,18-20,26H,5,7-8,15-17H2. The summed E-state index contributed by atoms with van der Waals surface area (Å²) in [6.45, 7) is 0.170. The van der Waals surface area contributed by atoms with Crippen LogP contribution >= 0.6 is 0 Å². The lowest BCUT2D eigenvalue weighted by Gasteiger charge is -2.47. The van der Waals surface area contributed by atoms with Gasteiger partial charge in [-0.25, -0.2) is 9.18 Å². The van der Waals surface area contributed by atoms with Crippen LogP contribution in [0.4, 0.5) is 22.4 Å². The molecule has 0 aromatic heterocycles. The van der Waals surface area contributed by atoms with E-state index >= 15 is 0 Å². The van der Waals surface area contributed by atoms with Gasteiger partial charge in [0.25, 0.3) is 0 Å². The van der Waals surface area contributed by atoms with Gasteiger partial charge in [-0.3, -0.25) is 4.79 Å². The van der Waals surface area contributed by atoms with Gasteiger partial charge in [0.1, 0.15) is 18.0 Å². The Kier molecular flexibility index (Phi) is 6.44. The predicted octanol–water partition coefficient (Wildman–Crippen LogP) is 7.61. The highest BCUT2D eigenvalue weighted by atomic mass is 19.4. The van der Waals surface area contributed by atoms with E-state index in [-0.39, 0.29) is 37.5 Å². The van der Waals surface area contributed by atoms with E-state index in [2.05, 4.69) is 12.1 Å². The molecule has 1 aliphatic carbocycles. The molecule has 2 atom stereocenters. The van der Waals surface area contributed by atoms with Gasteiger partial charge in [0.15, 0.2) is 5.78 Å². The first kappa shape index (κ1) is 25.6. The molecule has 0 saturated carbocycles. The van der Waals surface area contributed by atoms with Gasteiger partial charge in [-0.05, 0) is 60.4 Å². The second kappa shape index (κ2) is 9.81. The van der Waals surface area contributed by atoms with E-state index < -0.39 is 40.9 Å². The molecule has 8 heteroatoms. The second-order valence-corrected chi connectivity index (χ2v) is 10.6. The van der Waals surface area contributed by atoms with Crippen LogP contribution in [0.3, 0.4) is 0 Å². The van der Waals surface area contributed by atoms with Crippen LogP contribution in [0, 0.1) is 11.7 Å². The Morgan fingerprint density at radius 1 is 0.846 bits per heavy atom. The van der Waals surface area contributed by atoms with Crippen molar-refractivity contribution in [2.45, 2.75) is 56.3 Å². The van der Waals surface area contributed by atoms with Crippen molar-refractivity contribution < 1.29 is 31.9 Å². The number of ketones is 1. The molecule has 3 aliphatic rings. The van der Waals surface area contributed by atoms with Gasteiger partial charge in [0.05, 0.1) is 0 Å². The molecule has 0 spiro atoms. The lowest BCUT2D eigenvalue weighted by molar-refractivity contribution is -0.140. The molecule has 202 valence electrons. The van der Waals surface area contributed by atoms with Crippen molar-refractivity contribution in [1.29, 1.82) is 0 Å². The number of fused-ring (bicyclic) bond motifs is 5. The number of rotatable bonds is 4. The Hall–Kier alpha value is -3.68. The number of benzene rings is 3. The Morgan fingerprint density at radius 2 is 1.44 bits per heavy atom. The molecule has 0 radical (unpaired) electrons. The lowest BCUT2D eigenvalue weighted by atomic mass is 9.75. The van der Waals surface area contributed by atoms with Crippen LogP contribution in [0.2, 0.25) is 0 Å². The van der Waals surface area contributed by atoms with Crippen molar-refractivity contribution in [3.63, 3.8) is 0 Å². The summed E-state index contributed by atoms with van der Waals surface area (Å²) in [6, 6.07) is 18.4. The van der Waals surface area contributed by atoms with Crippen molar-refractivity contribution in [3.05, 3.63) is 94.8 Å². The smallest absolute Gasteiger partial charge is 0.419 e. The van der Waals surface area contributed by atoms with Crippen LogP contribution in [-0.4, -0.2) is 35.5 Å². The van der Waals surface area contributed by atoms with Gasteiger partial charge in [0, 0.05) is 29.5 Å². The molecule has 2 fully saturated rings. The fourth-order valence-corrected chi connectivity index (χ4v) is 6.80. The van der Waals surface area contributed by atoms with Crippen molar-refractivity contribution in [2.75, 3.05) is 6.61 Å². The highest BCUT2D eigenvalue weighted by molar-refractivity contribution is 5.99. The van der Waals surface area contributed by atoms with Crippen molar-refractivity contribution in [1.82, 2.24) is 4.90 Å². The van der Waals surface area contributed by atoms with Gasteiger partial charge >= 0.3 is 12.3 Å². The largest absolute Gasteiger partial charge is 0.448 e. The van der Waals surface area contributed by atoms with Crippen LogP contribution in [0.5, 0.6) is 0 Å². The molecule has 39 heavy (non-hydrogen) atoms. The first-order chi connectivity index (χ1) is 18.7. The summed E-state index contributed by atoms with van der Waals surface area (Å²) in [5, 5.41) is 0. The molecule has 3 aromatic carbocycles. The molecule has 1 amide bonds. The van der Waals surface area contributed by atoms with Crippen LogP contribution < -0.4 is 0 Å². The molecule has 6 rings (SSSR count). The minimum absolute atomic E-state index is 0.0888. The molecule has 2 bridgehead atoms. The first-order valence-corrected chi connectivity index (χ1v) is 13.3. The summed E-state index contributed by atoms with van der Waals surface area (Å²) in [6.07, 6.45) is -2.84. The average molecular weight is 538 g/mol. The topological polar surface area (TPSA) is 46.6 Å². The number of ether oxygens (including phenoxy) is 1. The molecule has 2 saturated heterocycles. The first-order valence-electron chi connectivity index (χ1n) is 13.3. The number of alkyl halides is 3. The molecule has 2 aliphatic heterocycles. The summed E-state index contributed by atoms with van der Waals surface area (Å²) < 4.78 is 60.7. The van der Waals surface area contributed by atoms with Crippen molar-refractivity contribution >= 4 is 11.9 Å². The zero-order valence-electron chi connectivity index (χ0n) is 21.1. The van der Waals surface area contributed by atoms with Gasteiger partial charge in [0.2, 0.25) is 0 Å². The number of amides is 1. The molecule has 2 heterocycles.